The molecule has 0 amide bonds. The van der Waals surface area contributed by atoms with Crippen LogP contribution in [0.25, 0.3) is 0 Å². The molecule has 112 valence electrons. The van der Waals surface area contributed by atoms with Crippen LogP contribution in [-0.4, -0.2) is 29.9 Å². The van der Waals surface area contributed by atoms with Gasteiger partial charge in [-0.2, -0.15) is 5.10 Å². The molecule has 21 heavy (non-hydrogen) atoms. The Morgan fingerprint density at radius 2 is 1.95 bits per heavy atom. The lowest BCUT2D eigenvalue weighted by atomic mass is 10.2. The summed E-state index contributed by atoms with van der Waals surface area (Å²) in [5.74, 6) is -1.75. The van der Waals surface area contributed by atoms with Crippen molar-refractivity contribution in [3.8, 4) is 0 Å². The maximum atomic E-state index is 11.4. The van der Waals surface area contributed by atoms with Crippen molar-refractivity contribution >= 4 is 47.0 Å². The zero-order valence-corrected chi connectivity index (χ0v) is 12.5. The molecule has 0 aliphatic carbocycles. The van der Waals surface area contributed by atoms with Crippen LogP contribution in [0.1, 0.15) is 17.3 Å². The number of benzene rings is 1. The van der Waals surface area contributed by atoms with Crippen molar-refractivity contribution in [2.75, 3.05) is 12.0 Å². The topological polar surface area (TPSA) is 88.0 Å². The highest BCUT2D eigenvalue weighted by atomic mass is 35.5. The van der Waals surface area contributed by atoms with Crippen molar-refractivity contribution in [2.24, 2.45) is 5.10 Å². The number of carbonyl (C=O) groups excluding carboxylic acids is 1. The van der Waals surface area contributed by atoms with E-state index in [-0.39, 0.29) is 5.03 Å². The van der Waals surface area contributed by atoms with Crippen LogP contribution in [0.2, 0.25) is 0 Å². The Labute approximate surface area is 131 Å². The smallest absolute Gasteiger partial charge is 0.348 e. The fraction of sp³-hybridized carbons (Fsp3) is 0.154. The Morgan fingerprint density at radius 3 is 2.48 bits per heavy atom. The van der Waals surface area contributed by atoms with Crippen molar-refractivity contribution in [1.29, 1.82) is 0 Å². The zero-order valence-electron chi connectivity index (χ0n) is 11.0. The number of aliphatic carboxylic acids is 1. The number of anilines is 1. The van der Waals surface area contributed by atoms with E-state index in [1.165, 1.54) is 0 Å². The third kappa shape index (κ3) is 5.45. The van der Waals surface area contributed by atoms with Gasteiger partial charge in [-0.05, 0) is 31.2 Å². The maximum absolute atomic E-state index is 11.4. The van der Waals surface area contributed by atoms with Gasteiger partial charge in [0.25, 0.3) is 0 Å². The number of hydrazone groups is 1. The van der Waals surface area contributed by atoms with Crippen molar-refractivity contribution < 1.29 is 19.4 Å². The third-order valence-electron chi connectivity index (χ3n) is 2.17. The van der Waals surface area contributed by atoms with E-state index in [4.69, 9.17) is 33.0 Å². The lowest BCUT2D eigenvalue weighted by molar-refractivity contribution is -0.131. The quantitative estimate of drug-likeness (QED) is 0.362. The Bertz CT molecular complexity index is 582. The molecule has 0 bridgehead atoms. The number of rotatable bonds is 6. The average Bonchev–Trinajstić information content (AvgIpc) is 2.47. The van der Waals surface area contributed by atoms with E-state index in [1.54, 1.807) is 31.2 Å². The number of hydrogen-bond donors (Lipinski definition) is 2. The fourth-order valence-corrected chi connectivity index (χ4v) is 1.40. The second-order valence-corrected chi connectivity index (χ2v) is 4.42. The predicted molar refractivity (Wildman–Crippen MR) is 80.9 cm³/mol. The lowest BCUT2D eigenvalue weighted by Crippen LogP contribution is -2.04. The van der Waals surface area contributed by atoms with Crippen molar-refractivity contribution in [2.45, 2.75) is 6.92 Å². The molecule has 1 aromatic carbocycles. The van der Waals surface area contributed by atoms with E-state index in [2.05, 4.69) is 10.5 Å². The third-order valence-corrected chi connectivity index (χ3v) is 2.91. The monoisotopic (exact) mass is 330 g/mol. The molecule has 0 spiro atoms. The minimum atomic E-state index is -1.34. The summed E-state index contributed by atoms with van der Waals surface area (Å²) < 4.78 is 4.85. The van der Waals surface area contributed by atoms with Gasteiger partial charge in [0, 0.05) is 0 Å². The van der Waals surface area contributed by atoms with Gasteiger partial charge in [-0.3, -0.25) is 5.43 Å². The molecular formula is C13H12Cl2N2O4. The number of halogens is 2. The Hall–Kier alpha value is -2.05. The first-order valence-electron chi connectivity index (χ1n) is 5.80. The SMILES string of the molecule is CCOC(=O)c1ccc(NN=C/C(Cl)=C(\Cl)C(=O)O)cc1. The van der Waals surface area contributed by atoms with Gasteiger partial charge >= 0.3 is 11.9 Å². The Kier molecular flexibility index (Phi) is 6.71. The zero-order chi connectivity index (χ0) is 15.8. The average molecular weight is 331 g/mol. The van der Waals surface area contributed by atoms with Crippen molar-refractivity contribution in [3.05, 3.63) is 39.9 Å². The molecular weight excluding hydrogens is 319 g/mol. The van der Waals surface area contributed by atoms with Crippen LogP contribution in [0.4, 0.5) is 5.69 Å². The van der Waals surface area contributed by atoms with E-state index in [1.807, 2.05) is 0 Å². The standard InChI is InChI=1S/C13H12Cl2N2O4/c1-2-21-13(20)8-3-5-9(6-4-8)17-16-7-10(14)11(15)12(18)19/h3-7,17H,2H2,1H3,(H,18,19)/b11-10+,16-7?. The lowest BCUT2D eigenvalue weighted by Gasteiger charge is -2.03. The molecule has 6 nitrogen and oxygen atoms in total. The summed E-state index contributed by atoms with van der Waals surface area (Å²) in [6, 6.07) is 6.36. The van der Waals surface area contributed by atoms with Gasteiger partial charge in [0.2, 0.25) is 0 Å². The van der Waals surface area contributed by atoms with Crippen LogP contribution in [-0.2, 0) is 9.53 Å². The number of allylic oxidation sites excluding steroid dienone is 1. The molecule has 0 aliphatic rings. The molecule has 0 atom stereocenters. The summed E-state index contributed by atoms with van der Waals surface area (Å²) in [5, 5.41) is 11.6. The second kappa shape index (κ2) is 8.28. The minimum Gasteiger partial charge on any atom is -0.477 e. The number of esters is 1. The highest BCUT2D eigenvalue weighted by Gasteiger charge is 2.08. The molecule has 0 saturated carbocycles. The molecule has 0 aliphatic heterocycles. The summed E-state index contributed by atoms with van der Waals surface area (Å²) in [7, 11) is 0. The molecule has 8 heteroatoms. The van der Waals surface area contributed by atoms with Gasteiger partial charge in [-0.25, -0.2) is 9.59 Å². The summed E-state index contributed by atoms with van der Waals surface area (Å²) in [6.45, 7) is 2.03. The van der Waals surface area contributed by atoms with Crippen LogP contribution in [0, 0.1) is 0 Å². The largest absolute Gasteiger partial charge is 0.477 e. The number of carboxylic acids is 1. The number of nitrogens with one attached hydrogen (secondary N) is 1. The van der Waals surface area contributed by atoms with E-state index in [9.17, 15) is 9.59 Å². The summed E-state index contributed by atoms with van der Waals surface area (Å²) >= 11 is 11.0. The molecule has 0 heterocycles. The van der Waals surface area contributed by atoms with E-state index >= 15 is 0 Å². The van der Waals surface area contributed by atoms with Gasteiger partial charge in [0.05, 0.1) is 29.1 Å². The Morgan fingerprint density at radius 1 is 1.33 bits per heavy atom. The van der Waals surface area contributed by atoms with Crippen LogP contribution < -0.4 is 5.43 Å². The molecule has 0 unspecified atom stereocenters. The first-order chi connectivity index (χ1) is 9.95. The number of ether oxygens (including phenoxy) is 1. The van der Waals surface area contributed by atoms with Crippen LogP contribution in [0.15, 0.2) is 39.4 Å². The molecule has 1 aromatic rings. The highest BCUT2D eigenvalue weighted by Crippen LogP contribution is 2.13. The molecule has 0 aromatic heterocycles. The van der Waals surface area contributed by atoms with Gasteiger partial charge in [-0.1, -0.05) is 23.2 Å². The Balaban J connectivity index is 2.67. The molecule has 2 N–H and O–H groups in total. The van der Waals surface area contributed by atoms with E-state index in [0.717, 1.165) is 6.21 Å². The van der Waals surface area contributed by atoms with Gasteiger partial charge < -0.3 is 9.84 Å². The van der Waals surface area contributed by atoms with Crippen LogP contribution in [0.5, 0.6) is 0 Å². The molecule has 1 rings (SSSR count). The second-order valence-electron chi connectivity index (χ2n) is 3.63. The minimum absolute atomic E-state index is 0.209. The van der Waals surface area contributed by atoms with Crippen LogP contribution in [0.3, 0.4) is 0 Å². The number of hydrogen-bond acceptors (Lipinski definition) is 5. The molecule has 0 radical (unpaired) electrons. The van der Waals surface area contributed by atoms with Crippen LogP contribution >= 0.6 is 23.2 Å². The van der Waals surface area contributed by atoms with Crippen molar-refractivity contribution in [1.82, 2.24) is 0 Å². The van der Waals surface area contributed by atoms with Gasteiger partial charge in [0.1, 0.15) is 5.03 Å². The predicted octanol–water partition coefficient (Wildman–Crippen LogP) is 3.03. The first kappa shape index (κ1) is 17.0. The summed E-state index contributed by atoms with van der Waals surface area (Å²) in [6.07, 6.45) is 1.07. The first-order valence-corrected chi connectivity index (χ1v) is 6.56. The molecule has 0 saturated heterocycles. The highest BCUT2D eigenvalue weighted by molar-refractivity contribution is 6.51. The summed E-state index contributed by atoms with van der Waals surface area (Å²) in [4.78, 5) is 22.0. The number of carboxylic acid groups (broad SMARTS) is 1. The maximum Gasteiger partial charge on any atom is 0.348 e. The fourth-order valence-electron chi connectivity index (χ4n) is 1.22. The number of nitrogens with zero attached hydrogens (tertiary/aromatic N) is 1. The van der Waals surface area contributed by atoms with E-state index in [0.29, 0.717) is 17.9 Å². The van der Waals surface area contributed by atoms with Gasteiger partial charge in [-0.15, -0.1) is 0 Å². The van der Waals surface area contributed by atoms with Gasteiger partial charge in [0.15, 0.2) is 0 Å². The summed E-state index contributed by atoms with van der Waals surface area (Å²) in [5.41, 5.74) is 3.61. The number of carbonyl (C=O) groups is 2. The molecule has 0 fully saturated rings. The van der Waals surface area contributed by atoms with Crippen molar-refractivity contribution in [3.63, 3.8) is 0 Å². The van der Waals surface area contributed by atoms with E-state index < -0.39 is 17.0 Å². The normalized spacial score (nSPS) is 12.0.